The molecule has 1 aliphatic heterocycles. The van der Waals surface area contributed by atoms with Gasteiger partial charge in [-0.1, -0.05) is 6.07 Å². The third-order valence-electron chi connectivity index (χ3n) is 4.62. The van der Waals surface area contributed by atoms with E-state index in [4.69, 9.17) is 0 Å². The first-order valence-corrected chi connectivity index (χ1v) is 9.62. The summed E-state index contributed by atoms with van der Waals surface area (Å²) in [5.41, 5.74) is 1.54. The molecule has 1 amide bonds. The Balaban J connectivity index is 1.47. The Bertz CT molecular complexity index is 934. The summed E-state index contributed by atoms with van der Waals surface area (Å²) in [5.74, 6) is 0.672. The molecule has 5 nitrogen and oxygen atoms in total. The number of pyridine rings is 1. The van der Waals surface area contributed by atoms with Gasteiger partial charge >= 0.3 is 0 Å². The average Bonchev–Trinajstić information content (AvgIpc) is 3.10. The van der Waals surface area contributed by atoms with Gasteiger partial charge < -0.3 is 9.80 Å². The fraction of sp³-hybridized carbons (Fsp3) is 0.250. The van der Waals surface area contributed by atoms with Crippen LogP contribution in [-0.2, 0) is 0 Å². The molecule has 3 heterocycles. The molecule has 0 radical (unpaired) electrons. The number of aromatic nitrogens is 2. The molecule has 3 aromatic rings. The lowest BCUT2D eigenvalue weighted by Gasteiger charge is -2.35. The van der Waals surface area contributed by atoms with Crippen LogP contribution in [0, 0.1) is 12.7 Å². The van der Waals surface area contributed by atoms with Crippen molar-refractivity contribution < 1.29 is 9.18 Å². The smallest absolute Gasteiger partial charge is 0.265 e. The van der Waals surface area contributed by atoms with E-state index in [0.29, 0.717) is 18.0 Å². The second-order valence-corrected chi connectivity index (χ2v) is 7.41. The lowest BCUT2D eigenvalue weighted by Crippen LogP contribution is -2.49. The molecule has 0 N–H and O–H groups in total. The predicted octanol–water partition coefficient (Wildman–Crippen LogP) is 3.62. The monoisotopic (exact) mass is 382 g/mol. The largest absolute Gasteiger partial charge is 0.353 e. The minimum atomic E-state index is -0.283. The summed E-state index contributed by atoms with van der Waals surface area (Å²) in [6.45, 7) is 4.66. The van der Waals surface area contributed by atoms with Crippen LogP contribution < -0.4 is 4.90 Å². The van der Waals surface area contributed by atoms with Crippen molar-refractivity contribution in [2.24, 2.45) is 0 Å². The van der Waals surface area contributed by atoms with Gasteiger partial charge in [0.25, 0.3) is 5.91 Å². The third kappa shape index (κ3) is 3.68. The van der Waals surface area contributed by atoms with Crippen LogP contribution in [0.3, 0.4) is 0 Å². The molecule has 1 saturated heterocycles. The highest BCUT2D eigenvalue weighted by molar-refractivity contribution is 7.17. The molecule has 0 unspecified atom stereocenters. The number of anilines is 1. The van der Waals surface area contributed by atoms with Gasteiger partial charge in [-0.15, -0.1) is 11.3 Å². The number of hydrogen-bond donors (Lipinski definition) is 0. The van der Waals surface area contributed by atoms with Gasteiger partial charge in [0, 0.05) is 37.9 Å². The van der Waals surface area contributed by atoms with Crippen LogP contribution in [-0.4, -0.2) is 47.0 Å². The highest BCUT2D eigenvalue weighted by Gasteiger charge is 2.26. The number of amides is 1. The van der Waals surface area contributed by atoms with Gasteiger partial charge in [0.05, 0.1) is 5.69 Å². The standard InChI is InChI=1S/C20H19FN4OS/c1-14-18(27-19(23-14)15-5-7-16(21)8-6-15)20(26)25-12-10-24(11-13-25)17-4-2-3-9-22-17/h2-9H,10-13H2,1H3. The Hall–Kier alpha value is -2.80. The van der Waals surface area contributed by atoms with E-state index in [1.54, 1.807) is 18.3 Å². The summed E-state index contributed by atoms with van der Waals surface area (Å²) >= 11 is 1.37. The van der Waals surface area contributed by atoms with Crippen molar-refractivity contribution in [3.8, 4) is 10.6 Å². The molecule has 4 rings (SSSR count). The van der Waals surface area contributed by atoms with E-state index in [-0.39, 0.29) is 11.7 Å². The van der Waals surface area contributed by atoms with E-state index in [1.165, 1.54) is 23.5 Å². The number of carbonyl (C=O) groups is 1. The molecule has 1 fully saturated rings. The third-order valence-corrected chi connectivity index (χ3v) is 5.82. The first kappa shape index (κ1) is 17.6. The van der Waals surface area contributed by atoms with Crippen LogP contribution in [0.5, 0.6) is 0 Å². The second kappa shape index (κ2) is 7.44. The molecule has 0 aliphatic carbocycles. The summed E-state index contributed by atoms with van der Waals surface area (Å²) in [6, 6.07) is 12.0. The number of carbonyl (C=O) groups excluding carboxylic acids is 1. The van der Waals surface area contributed by atoms with Crippen molar-refractivity contribution in [2.75, 3.05) is 31.1 Å². The van der Waals surface area contributed by atoms with Crippen LogP contribution in [0.1, 0.15) is 15.4 Å². The zero-order valence-electron chi connectivity index (χ0n) is 14.9. The highest BCUT2D eigenvalue weighted by atomic mass is 32.1. The number of thiazole rings is 1. The van der Waals surface area contributed by atoms with Gasteiger partial charge in [-0.05, 0) is 43.3 Å². The summed E-state index contributed by atoms with van der Waals surface area (Å²) in [4.78, 5) is 26.6. The highest BCUT2D eigenvalue weighted by Crippen LogP contribution is 2.29. The maximum atomic E-state index is 13.1. The number of halogens is 1. The van der Waals surface area contributed by atoms with Gasteiger partial charge in [0.1, 0.15) is 21.5 Å². The number of nitrogens with zero attached hydrogens (tertiary/aromatic N) is 4. The molecular weight excluding hydrogens is 363 g/mol. The van der Waals surface area contributed by atoms with Crippen molar-refractivity contribution in [3.63, 3.8) is 0 Å². The number of aryl methyl sites for hydroxylation is 1. The van der Waals surface area contributed by atoms with Gasteiger partial charge in [-0.2, -0.15) is 0 Å². The summed E-state index contributed by atoms with van der Waals surface area (Å²) in [5, 5.41) is 0.739. The normalized spacial score (nSPS) is 14.4. The number of piperazine rings is 1. The van der Waals surface area contributed by atoms with E-state index in [0.717, 1.165) is 35.2 Å². The Kier molecular flexibility index (Phi) is 4.85. The Morgan fingerprint density at radius 3 is 2.48 bits per heavy atom. The maximum Gasteiger partial charge on any atom is 0.265 e. The van der Waals surface area contributed by atoms with E-state index in [2.05, 4.69) is 14.9 Å². The van der Waals surface area contributed by atoms with Crippen LogP contribution in [0.15, 0.2) is 48.7 Å². The molecule has 0 bridgehead atoms. The fourth-order valence-corrected chi connectivity index (χ4v) is 4.17. The molecule has 27 heavy (non-hydrogen) atoms. The molecule has 138 valence electrons. The molecule has 0 atom stereocenters. The van der Waals surface area contributed by atoms with Crippen LogP contribution >= 0.6 is 11.3 Å². The van der Waals surface area contributed by atoms with Crippen molar-refractivity contribution in [3.05, 3.63) is 65.0 Å². The van der Waals surface area contributed by atoms with Gasteiger partial charge in [0.15, 0.2) is 0 Å². The maximum absolute atomic E-state index is 13.1. The first-order valence-electron chi connectivity index (χ1n) is 8.80. The van der Waals surface area contributed by atoms with Gasteiger partial charge in [0.2, 0.25) is 0 Å². The van der Waals surface area contributed by atoms with E-state index < -0.39 is 0 Å². The van der Waals surface area contributed by atoms with E-state index in [1.807, 2.05) is 30.0 Å². The summed E-state index contributed by atoms with van der Waals surface area (Å²) in [6.07, 6.45) is 1.78. The zero-order valence-corrected chi connectivity index (χ0v) is 15.7. The minimum absolute atomic E-state index is 0.0130. The second-order valence-electron chi connectivity index (χ2n) is 6.41. The SMILES string of the molecule is Cc1nc(-c2ccc(F)cc2)sc1C(=O)N1CCN(c2ccccn2)CC1. The number of rotatable bonds is 3. The van der Waals surface area contributed by atoms with Crippen molar-refractivity contribution in [1.29, 1.82) is 0 Å². The molecule has 1 aromatic carbocycles. The Labute approximate surface area is 161 Å². The molecule has 0 saturated carbocycles. The first-order chi connectivity index (χ1) is 13.1. The molecule has 0 spiro atoms. The average molecular weight is 382 g/mol. The summed E-state index contributed by atoms with van der Waals surface area (Å²) in [7, 11) is 0. The van der Waals surface area contributed by atoms with Crippen LogP contribution in [0.4, 0.5) is 10.2 Å². The predicted molar refractivity (Wildman–Crippen MR) is 105 cm³/mol. The molecule has 7 heteroatoms. The Morgan fingerprint density at radius 2 is 1.81 bits per heavy atom. The van der Waals surface area contributed by atoms with Crippen LogP contribution in [0.25, 0.3) is 10.6 Å². The van der Waals surface area contributed by atoms with Crippen molar-refractivity contribution in [2.45, 2.75) is 6.92 Å². The lowest BCUT2D eigenvalue weighted by molar-refractivity contribution is 0.0750. The number of hydrogen-bond acceptors (Lipinski definition) is 5. The molecular formula is C20H19FN4OS. The lowest BCUT2D eigenvalue weighted by atomic mass is 10.2. The van der Waals surface area contributed by atoms with E-state index >= 15 is 0 Å². The molecule has 2 aromatic heterocycles. The molecule has 1 aliphatic rings. The summed E-state index contributed by atoms with van der Waals surface area (Å²) < 4.78 is 13.1. The minimum Gasteiger partial charge on any atom is -0.353 e. The number of benzene rings is 1. The van der Waals surface area contributed by atoms with Crippen LogP contribution in [0.2, 0.25) is 0 Å². The van der Waals surface area contributed by atoms with Crippen molar-refractivity contribution in [1.82, 2.24) is 14.9 Å². The quantitative estimate of drug-likeness (QED) is 0.694. The topological polar surface area (TPSA) is 49.3 Å². The zero-order chi connectivity index (χ0) is 18.8. The Morgan fingerprint density at radius 1 is 1.07 bits per heavy atom. The van der Waals surface area contributed by atoms with E-state index in [9.17, 15) is 9.18 Å². The van der Waals surface area contributed by atoms with Gasteiger partial charge in [-0.25, -0.2) is 14.4 Å². The van der Waals surface area contributed by atoms with Crippen molar-refractivity contribution >= 4 is 23.1 Å². The fourth-order valence-electron chi connectivity index (χ4n) is 3.13. The van der Waals surface area contributed by atoms with Gasteiger partial charge in [-0.3, -0.25) is 4.79 Å².